The van der Waals surface area contributed by atoms with Gasteiger partial charge in [-0.05, 0) is 35.8 Å². The van der Waals surface area contributed by atoms with Gasteiger partial charge in [0.1, 0.15) is 0 Å². The quantitative estimate of drug-likeness (QED) is 0.496. The van der Waals surface area contributed by atoms with Crippen molar-refractivity contribution in [1.82, 2.24) is 0 Å². The maximum Gasteiger partial charge on any atom is 0.159 e. The highest BCUT2D eigenvalue weighted by Crippen LogP contribution is 2.34. The third-order valence-electron chi connectivity index (χ3n) is 3.69. The molecule has 1 nitrogen and oxygen atoms in total. The van der Waals surface area contributed by atoms with E-state index in [1.165, 1.54) is 11.1 Å². The van der Waals surface area contributed by atoms with E-state index in [0.29, 0.717) is 5.92 Å². The van der Waals surface area contributed by atoms with Gasteiger partial charge >= 0.3 is 0 Å². The Morgan fingerprint density at radius 1 is 1.10 bits per heavy atom. The fourth-order valence-electron chi connectivity index (χ4n) is 2.37. The third kappa shape index (κ3) is 4.72. The van der Waals surface area contributed by atoms with E-state index < -0.39 is 0 Å². The van der Waals surface area contributed by atoms with E-state index in [4.69, 9.17) is 0 Å². The fraction of sp³-hybridized carbons (Fsp3) is 0.500. The molecular weight excluding hydrogens is 256 g/mol. The van der Waals surface area contributed by atoms with Gasteiger partial charge in [0, 0.05) is 11.1 Å². The minimum Gasteiger partial charge on any atom is -0.295 e. The number of ketones is 1. The zero-order valence-electron chi connectivity index (χ0n) is 14.5. The lowest BCUT2D eigenvalue weighted by Crippen LogP contribution is -2.08. The molecule has 21 heavy (non-hydrogen) atoms. The highest BCUT2D eigenvalue weighted by atomic mass is 16.1. The van der Waals surface area contributed by atoms with Gasteiger partial charge in [-0.25, -0.2) is 0 Å². The maximum atomic E-state index is 11.4. The molecule has 0 amide bonds. The van der Waals surface area contributed by atoms with Crippen molar-refractivity contribution in [2.75, 3.05) is 0 Å². The van der Waals surface area contributed by atoms with Crippen molar-refractivity contribution in [3.63, 3.8) is 0 Å². The van der Waals surface area contributed by atoms with Crippen molar-refractivity contribution in [3.05, 3.63) is 46.7 Å². The Hall–Kier alpha value is -1.59. The third-order valence-corrected chi connectivity index (χ3v) is 3.69. The van der Waals surface area contributed by atoms with E-state index in [1.807, 2.05) is 24.3 Å². The molecule has 0 aliphatic rings. The maximum absolute atomic E-state index is 11.4. The van der Waals surface area contributed by atoms with Crippen LogP contribution in [0.25, 0.3) is 5.57 Å². The Bertz CT molecular complexity index is 559. The van der Waals surface area contributed by atoms with Gasteiger partial charge in [-0.2, -0.15) is 0 Å². The largest absolute Gasteiger partial charge is 0.295 e. The normalized spacial score (nSPS) is 11.2. The van der Waals surface area contributed by atoms with Crippen LogP contribution in [0.4, 0.5) is 0 Å². The standard InChI is InChI=1S/C20H28O/c1-8-16(14(2)3)13-19(20(5,6)7)18-11-9-17(10-12-18)15(4)21/h9-12,14H,8H2,1-7H3. The van der Waals surface area contributed by atoms with E-state index >= 15 is 0 Å². The summed E-state index contributed by atoms with van der Waals surface area (Å²) in [4.78, 5) is 11.4. The van der Waals surface area contributed by atoms with E-state index in [1.54, 1.807) is 6.92 Å². The number of benzene rings is 1. The van der Waals surface area contributed by atoms with Crippen LogP contribution in [0.1, 0.15) is 70.8 Å². The number of carbonyl (C=O) groups is 1. The second kappa shape index (κ2) is 6.91. The molecule has 1 aromatic rings. The molecule has 1 heteroatoms. The van der Waals surface area contributed by atoms with Gasteiger partial charge in [0.05, 0.1) is 0 Å². The lowest BCUT2D eigenvalue weighted by atomic mass is 9.81. The summed E-state index contributed by atoms with van der Waals surface area (Å²) < 4.78 is 0. The SMILES string of the molecule is CCC(=C=C(c1ccc(C(C)=O)cc1)C(C)(C)C)C(C)C. The monoisotopic (exact) mass is 284 g/mol. The Balaban J connectivity index is 3.47. The molecule has 0 aromatic heterocycles. The van der Waals surface area contributed by atoms with Crippen LogP contribution in [0.5, 0.6) is 0 Å². The Morgan fingerprint density at radius 3 is 1.90 bits per heavy atom. The molecule has 1 rings (SSSR count). The van der Waals surface area contributed by atoms with Gasteiger partial charge in [-0.15, -0.1) is 5.73 Å². The second-order valence-corrected chi connectivity index (χ2v) is 6.92. The molecule has 0 aliphatic heterocycles. The molecule has 0 fully saturated rings. The van der Waals surface area contributed by atoms with E-state index in [9.17, 15) is 4.79 Å². The molecule has 0 bridgehead atoms. The van der Waals surface area contributed by atoms with Crippen LogP contribution in [-0.4, -0.2) is 5.78 Å². The lowest BCUT2D eigenvalue weighted by molar-refractivity contribution is 0.101. The van der Waals surface area contributed by atoms with Crippen molar-refractivity contribution in [2.24, 2.45) is 11.3 Å². The first kappa shape index (κ1) is 17.5. The molecule has 0 saturated heterocycles. The smallest absolute Gasteiger partial charge is 0.159 e. The number of Topliss-reactive ketones (excluding diaryl/α,β-unsaturated/α-hetero) is 1. The van der Waals surface area contributed by atoms with Crippen molar-refractivity contribution >= 4 is 11.4 Å². The van der Waals surface area contributed by atoms with Gasteiger partial charge in [0.25, 0.3) is 0 Å². The minimum absolute atomic E-state index is 0.0209. The van der Waals surface area contributed by atoms with E-state index in [-0.39, 0.29) is 11.2 Å². The molecule has 1 aromatic carbocycles. The summed E-state index contributed by atoms with van der Waals surface area (Å²) in [5, 5.41) is 0. The Morgan fingerprint density at radius 2 is 1.57 bits per heavy atom. The summed E-state index contributed by atoms with van der Waals surface area (Å²) in [7, 11) is 0. The number of carbonyl (C=O) groups excluding carboxylic acids is 1. The van der Waals surface area contributed by atoms with Gasteiger partial charge in [0.15, 0.2) is 5.78 Å². The molecule has 0 spiro atoms. The van der Waals surface area contributed by atoms with Gasteiger partial charge in [-0.3, -0.25) is 4.79 Å². The topological polar surface area (TPSA) is 17.1 Å². The second-order valence-electron chi connectivity index (χ2n) is 6.92. The van der Waals surface area contributed by atoms with E-state index in [0.717, 1.165) is 17.5 Å². The first-order chi connectivity index (χ1) is 9.66. The van der Waals surface area contributed by atoms with Crippen LogP contribution in [0.3, 0.4) is 0 Å². The summed E-state index contributed by atoms with van der Waals surface area (Å²) in [5.41, 5.74) is 8.14. The molecular formula is C20H28O. The van der Waals surface area contributed by atoms with Crippen LogP contribution in [0, 0.1) is 11.3 Å². The van der Waals surface area contributed by atoms with Crippen LogP contribution < -0.4 is 0 Å². The zero-order chi connectivity index (χ0) is 16.2. The van der Waals surface area contributed by atoms with Crippen molar-refractivity contribution < 1.29 is 4.79 Å². The molecule has 114 valence electrons. The molecule has 0 N–H and O–H groups in total. The van der Waals surface area contributed by atoms with Gasteiger partial charge < -0.3 is 0 Å². The van der Waals surface area contributed by atoms with Crippen molar-refractivity contribution in [1.29, 1.82) is 0 Å². The molecule has 0 unspecified atom stereocenters. The first-order valence-electron chi connectivity index (χ1n) is 7.78. The predicted octanol–water partition coefficient (Wildman–Crippen LogP) is 5.91. The average molecular weight is 284 g/mol. The number of hydrogen-bond donors (Lipinski definition) is 0. The zero-order valence-corrected chi connectivity index (χ0v) is 14.5. The Kier molecular flexibility index (Phi) is 5.75. The summed E-state index contributed by atoms with van der Waals surface area (Å²) in [6.45, 7) is 14.8. The molecule has 0 atom stereocenters. The lowest BCUT2D eigenvalue weighted by Gasteiger charge is -2.22. The van der Waals surface area contributed by atoms with Crippen molar-refractivity contribution in [3.8, 4) is 0 Å². The fourth-order valence-corrected chi connectivity index (χ4v) is 2.37. The average Bonchev–Trinajstić information content (AvgIpc) is 2.38. The summed E-state index contributed by atoms with van der Waals surface area (Å²) in [6.07, 6.45) is 1.02. The van der Waals surface area contributed by atoms with Crippen molar-refractivity contribution in [2.45, 2.75) is 54.9 Å². The summed E-state index contributed by atoms with van der Waals surface area (Å²) >= 11 is 0. The number of allylic oxidation sites excluding steroid dienone is 1. The van der Waals surface area contributed by atoms with Crippen LogP contribution in [0.2, 0.25) is 0 Å². The molecule has 0 heterocycles. The molecule has 0 aliphatic carbocycles. The number of rotatable bonds is 4. The minimum atomic E-state index is 0.0209. The highest BCUT2D eigenvalue weighted by molar-refractivity contribution is 5.94. The van der Waals surface area contributed by atoms with Crippen LogP contribution in [0.15, 0.2) is 35.6 Å². The predicted molar refractivity (Wildman–Crippen MR) is 91.5 cm³/mol. The molecule has 0 saturated carbocycles. The first-order valence-corrected chi connectivity index (χ1v) is 7.78. The van der Waals surface area contributed by atoms with Gasteiger partial charge in [0.2, 0.25) is 0 Å². The Labute approximate surface area is 129 Å². The van der Waals surface area contributed by atoms with Crippen LogP contribution >= 0.6 is 0 Å². The van der Waals surface area contributed by atoms with Crippen LogP contribution in [-0.2, 0) is 0 Å². The molecule has 0 radical (unpaired) electrons. The van der Waals surface area contributed by atoms with E-state index in [2.05, 4.69) is 47.3 Å². The highest BCUT2D eigenvalue weighted by Gasteiger charge is 2.19. The summed E-state index contributed by atoms with van der Waals surface area (Å²) in [5.74, 6) is 0.610. The summed E-state index contributed by atoms with van der Waals surface area (Å²) in [6, 6.07) is 7.90. The number of hydrogen-bond acceptors (Lipinski definition) is 1. The van der Waals surface area contributed by atoms with Gasteiger partial charge in [-0.1, -0.05) is 65.8 Å².